The molecule has 2 aliphatic heterocycles. The van der Waals surface area contributed by atoms with E-state index in [0.29, 0.717) is 0 Å². The van der Waals surface area contributed by atoms with Gasteiger partial charge in [0.1, 0.15) is 5.84 Å². The first-order valence-electron chi connectivity index (χ1n) is 6.71. The Balaban J connectivity index is 1.79. The van der Waals surface area contributed by atoms with Gasteiger partial charge in [-0.25, -0.2) is 4.99 Å². The second-order valence-electron chi connectivity index (χ2n) is 4.99. The first-order chi connectivity index (χ1) is 9.83. The summed E-state index contributed by atoms with van der Waals surface area (Å²) in [4.78, 5) is 7.40. The van der Waals surface area contributed by atoms with Gasteiger partial charge in [0.05, 0.1) is 11.7 Å². The van der Waals surface area contributed by atoms with Gasteiger partial charge in [-0.15, -0.1) is 0 Å². The van der Waals surface area contributed by atoms with Gasteiger partial charge in [0.25, 0.3) is 0 Å². The lowest BCUT2D eigenvalue weighted by atomic mass is 10.0. The molecule has 0 aliphatic carbocycles. The Bertz CT molecular complexity index is 732. The molecule has 2 aliphatic rings. The fourth-order valence-electron chi connectivity index (χ4n) is 2.69. The predicted octanol–water partition coefficient (Wildman–Crippen LogP) is 4.11. The summed E-state index contributed by atoms with van der Waals surface area (Å²) in [6, 6.07) is 19.2. The molecule has 0 fully saturated rings. The van der Waals surface area contributed by atoms with E-state index in [9.17, 15) is 0 Å². The maximum atomic E-state index is 4.74. The van der Waals surface area contributed by atoms with Crippen molar-refractivity contribution in [3.05, 3.63) is 76.3 Å². The highest BCUT2D eigenvalue weighted by Crippen LogP contribution is 2.49. The van der Waals surface area contributed by atoms with Crippen LogP contribution < -0.4 is 5.32 Å². The molecule has 0 bridgehead atoms. The van der Waals surface area contributed by atoms with E-state index in [1.165, 1.54) is 15.4 Å². The zero-order valence-electron chi connectivity index (χ0n) is 11.1. The quantitative estimate of drug-likeness (QED) is 0.848. The van der Waals surface area contributed by atoms with Gasteiger partial charge in [-0.3, -0.25) is 0 Å². The molecule has 20 heavy (non-hydrogen) atoms. The number of hydrogen-bond acceptors (Lipinski definition) is 3. The Kier molecular flexibility index (Phi) is 2.67. The summed E-state index contributed by atoms with van der Waals surface area (Å²) in [5, 5.41) is 3.59. The smallest absolute Gasteiger partial charge is 0.134 e. The predicted molar refractivity (Wildman–Crippen MR) is 83.9 cm³/mol. The number of thioether (sulfide) groups is 1. The zero-order chi connectivity index (χ0) is 13.5. The number of benzene rings is 2. The highest BCUT2D eigenvalue weighted by Gasteiger charge is 2.33. The van der Waals surface area contributed by atoms with Crippen molar-refractivity contribution in [1.82, 2.24) is 5.32 Å². The van der Waals surface area contributed by atoms with Crippen molar-refractivity contribution in [3.8, 4) is 0 Å². The van der Waals surface area contributed by atoms with E-state index < -0.39 is 0 Å². The summed E-state index contributed by atoms with van der Waals surface area (Å²) < 4.78 is 0. The van der Waals surface area contributed by atoms with Gasteiger partial charge in [-0.05, 0) is 18.6 Å². The minimum absolute atomic E-state index is 0.254. The van der Waals surface area contributed by atoms with Crippen LogP contribution in [0.2, 0.25) is 0 Å². The molecule has 0 spiro atoms. The molecule has 2 heterocycles. The van der Waals surface area contributed by atoms with Gasteiger partial charge in [0.15, 0.2) is 0 Å². The van der Waals surface area contributed by atoms with Crippen LogP contribution in [0.5, 0.6) is 0 Å². The van der Waals surface area contributed by atoms with Gasteiger partial charge in [-0.2, -0.15) is 0 Å². The Hall–Kier alpha value is -2.00. The Labute approximate surface area is 122 Å². The van der Waals surface area contributed by atoms with Crippen molar-refractivity contribution in [2.24, 2.45) is 4.99 Å². The first kappa shape index (κ1) is 11.8. The van der Waals surface area contributed by atoms with Crippen molar-refractivity contribution in [3.63, 3.8) is 0 Å². The van der Waals surface area contributed by atoms with E-state index >= 15 is 0 Å². The lowest BCUT2D eigenvalue weighted by Gasteiger charge is -2.23. The maximum absolute atomic E-state index is 4.74. The third-order valence-electron chi connectivity index (χ3n) is 3.68. The fourth-order valence-corrected chi connectivity index (χ4v) is 3.88. The summed E-state index contributed by atoms with van der Waals surface area (Å²) in [7, 11) is 0. The van der Waals surface area contributed by atoms with Crippen molar-refractivity contribution >= 4 is 17.6 Å². The van der Waals surface area contributed by atoms with E-state index in [2.05, 4.69) is 48.6 Å². The summed E-state index contributed by atoms with van der Waals surface area (Å²) in [6.45, 7) is 2.10. The molecule has 0 saturated heterocycles. The molecule has 0 saturated carbocycles. The molecule has 0 radical (unpaired) electrons. The van der Waals surface area contributed by atoms with Crippen LogP contribution in [0.25, 0.3) is 0 Å². The van der Waals surface area contributed by atoms with Crippen LogP contribution in [0, 0.1) is 0 Å². The number of aliphatic imine (C=N–C) groups is 1. The molecular weight excluding hydrogens is 264 g/mol. The third-order valence-corrected chi connectivity index (χ3v) is 5.02. The summed E-state index contributed by atoms with van der Waals surface area (Å²) in [5.74, 6) is 0.967. The molecule has 4 rings (SSSR count). The summed E-state index contributed by atoms with van der Waals surface area (Å²) >= 11 is 1.84. The van der Waals surface area contributed by atoms with Crippen molar-refractivity contribution in [1.29, 1.82) is 0 Å². The number of fused-ring (bicyclic) bond motifs is 3. The largest absolute Gasteiger partial charge is 0.358 e. The number of rotatable bonds is 1. The van der Waals surface area contributed by atoms with Gasteiger partial charge < -0.3 is 5.32 Å². The molecule has 1 N–H and O–H groups in total. The van der Waals surface area contributed by atoms with Crippen LogP contribution in [0.15, 0.2) is 75.1 Å². The molecule has 1 unspecified atom stereocenters. The first-order valence-corrected chi connectivity index (χ1v) is 7.53. The van der Waals surface area contributed by atoms with Crippen molar-refractivity contribution in [2.45, 2.75) is 17.9 Å². The second kappa shape index (κ2) is 4.53. The van der Waals surface area contributed by atoms with Gasteiger partial charge >= 0.3 is 0 Å². The molecular formula is C17H14N2S. The molecule has 3 heteroatoms. The molecule has 2 nitrogen and oxygen atoms in total. The number of hydrogen-bond donors (Lipinski definition) is 1. The molecule has 98 valence electrons. The van der Waals surface area contributed by atoms with E-state index in [-0.39, 0.29) is 6.04 Å². The van der Waals surface area contributed by atoms with Crippen LogP contribution >= 0.6 is 11.8 Å². The third kappa shape index (κ3) is 1.78. The zero-order valence-corrected chi connectivity index (χ0v) is 11.9. The highest BCUT2D eigenvalue weighted by atomic mass is 32.2. The normalized spacial score (nSPS) is 20.1. The minimum atomic E-state index is 0.254. The summed E-state index contributed by atoms with van der Waals surface area (Å²) in [6.07, 6.45) is 0. The van der Waals surface area contributed by atoms with Crippen LogP contribution in [0.3, 0.4) is 0 Å². The monoisotopic (exact) mass is 278 g/mol. The maximum Gasteiger partial charge on any atom is 0.134 e. The topological polar surface area (TPSA) is 24.4 Å². The molecule has 0 aromatic heterocycles. The van der Waals surface area contributed by atoms with Gasteiger partial charge in [-0.1, -0.05) is 60.3 Å². The second-order valence-corrected chi connectivity index (χ2v) is 6.08. The SMILES string of the molecule is CC1=C2Sc3ccccc3C2NC(c2ccccc2)=N1. The van der Waals surface area contributed by atoms with E-state index in [1.54, 1.807) is 0 Å². The average Bonchev–Trinajstić information content (AvgIpc) is 2.88. The van der Waals surface area contributed by atoms with Crippen LogP contribution in [-0.2, 0) is 0 Å². The standard InChI is InChI=1S/C17H14N2S/c1-11-16-15(13-9-5-6-10-14(13)20-16)19-17(18-11)12-7-3-2-4-8-12/h2-10,15H,1H3,(H,18,19). The number of nitrogens with zero attached hydrogens (tertiary/aromatic N) is 1. The molecule has 2 aromatic rings. The Morgan fingerprint density at radius 3 is 2.60 bits per heavy atom. The molecule has 2 aromatic carbocycles. The van der Waals surface area contributed by atoms with Crippen molar-refractivity contribution in [2.75, 3.05) is 0 Å². The molecule has 0 amide bonds. The van der Waals surface area contributed by atoms with Crippen LogP contribution in [-0.4, -0.2) is 5.84 Å². The number of amidine groups is 1. The van der Waals surface area contributed by atoms with Crippen molar-refractivity contribution < 1.29 is 0 Å². The average molecular weight is 278 g/mol. The van der Waals surface area contributed by atoms with E-state index in [0.717, 1.165) is 17.1 Å². The van der Waals surface area contributed by atoms with Gasteiger partial charge in [0.2, 0.25) is 0 Å². The Morgan fingerprint density at radius 1 is 1.00 bits per heavy atom. The van der Waals surface area contributed by atoms with Crippen LogP contribution in [0.1, 0.15) is 24.1 Å². The molecule has 1 atom stereocenters. The Morgan fingerprint density at radius 2 is 1.75 bits per heavy atom. The fraction of sp³-hybridized carbons (Fsp3) is 0.118. The van der Waals surface area contributed by atoms with E-state index in [1.807, 2.05) is 30.0 Å². The van der Waals surface area contributed by atoms with Crippen LogP contribution in [0.4, 0.5) is 0 Å². The highest BCUT2D eigenvalue weighted by molar-refractivity contribution is 8.03. The minimum Gasteiger partial charge on any atom is -0.358 e. The van der Waals surface area contributed by atoms with E-state index in [4.69, 9.17) is 4.99 Å². The number of allylic oxidation sites excluding steroid dienone is 1. The van der Waals surface area contributed by atoms with Gasteiger partial charge in [0, 0.05) is 15.4 Å². The lowest BCUT2D eigenvalue weighted by Crippen LogP contribution is -2.31. The number of nitrogens with one attached hydrogen (secondary N) is 1. The summed E-state index contributed by atoms with van der Waals surface area (Å²) in [5.41, 5.74) is 3.62. The lowest BCUT2D eigenvalue weighted by molar-refractivity contribution is 0.751.